The minimum Gasteiger partial charge on any atom is -0.497 e. The number of amides is 2. The van der Waals surface area contributed by atoms with Crippen molar-refractivity contribution in [2.45, 2.75) is 25.2 Å². The van der Waals surface area contributed by atoms with E-state index in [2.05, 4.69) is 15.6 Å². The van der Waals surface area contributed by atoms with Crippen molar-refractivity contribution >= 4 is 34.0 Å². The molecule has 1 aromatic heterocycles. The lowest BCUT2D eigenvalue weighted by Gasteiger charge is -2.22. The lowest BCUT2D eigenvalue weighted by molar-refractivity contribution is -0.117. The summed E-state index contributed by atoms with van der Waals surface area (Å²) in [7, 11) is 1.58. The first-order valence-corrected chi connectivity index (χ1v) is 11.6. The van der Waals surface area contributed by atoms with Gasteiger partial charge in [0.15, 0.2) is 16.6 Å². The van der Waals surface area contributed by atoms with Crippen LogP contribution in [0.2, 0.25) is 0 Å². The summed E-state index contributed by atoms with van der Waals surface area (Å²) in [6.45, 7) is 1.00. The molecule has 0 radical (unpaired) electrons. The van der Waals surface area contributed by atoms with Gasteiger partial charge in [-0.3, -0.25) is 14.9 Å². The number of anilines is 2. The monoisotopic (exact) mass is 465 g/mol. The third-order valence-corrected chi connectivity index (χ3v) is 6.70. The maximum absolute atomic E-state index is 13.1. The molecule has 2 N–H and O–H groups in total. The van der Waals surface area contributed by atoms with Gasteiger partial charge in [0.25, 0.3) is 5.91 Å². The fourth-order valence-electron chi connectivity index (χ4n) is 3.99. The molecule has 0 fully saturated rings. The zero-order valence-electron chi connectivity index (χ0n) is 18.1. The van der Waals surface area contributed by atoms with Crippen LogP contribution in [-0.4, -0.2) is 37.1 Å². The topological polar surface area (TPSA) is 98.8 Å². The van der Waals surface area contributed by atoms with E-state index in [9.17, 15) is 9.59 Å². The Hall–Kier alpha value is -3.59. The average molecular weight is 466 g/mol. The molecule has 0 spiro atoms. The van der Waals surface area contributed by atoms with Gasteiger partial charge in [0.05, 0.1) is 18.7 Å². The highest BCUT2D eigenvalue weighted by molar-refractivity contribution is 7.16. The quantitative estimate of drug-likeness (QED) is 0.585. The van der Waals surface area contributed by atoms with Gasteiger partial charge >= 0.3 is 0 Å². The van der Waals surface area contributed by atoms with Gasteiger partial charge in [-0.25, -0.2) is 4.98 Å². The van der Waals surface area contributed by atoms with Gasteiger partial charge in [-0.2, -0.15) is 0 Å². The molecule has 0 saturated heterocycles. The number of fused-ring (bicyclic) bond motifs is 2. The Balaban J connectivity index is 1.30. The Morgan fingerprint density at radius 2 is 1.85 bits per heavy atom. The minimum atomic E-state index is -0.371. The highest BCUT2D eigenvalue weighted by Crippen LogP contribution is 2.38. The summed E-state index contributed by atoms with van der Waals surface area (Å²) in [6.07, 6.45) is 2.44. The molecule has 170 valence electrons. The van der Waals surface area contributed by atoms with Gasteiger partial charge in [-0.15, -0.1) is 11.3 Å². The number of hydrogen-bond acceptors (Lipinski definition) is 7. The van der Waals surface area contributed by atoms with Crippen molar-refractivity contribution in [2.75, 3.05) is 31.0 Å². The predicted octanol–water partition coefficient (Wildman–Crippen LogP) is 4.23. The Kier molecular flexibility index (Phi) is 5.87. The molecule has 0 unspecified atom stereocenters. The van der Waals surface area contributed by atoms with E-state index < -0.39 is 0 Å². The van der Waals surface area contributed by atoms with Crippen molar-refractivity contribution in [2.24, 2.45) is 0 Å². The standard InChI is InChI=1S/C24H23N3O5S/c1-30-16-8-5-14(6-9-16)22(28)27-24-26-21-17(3-2-4-20(21)33-24)23(29)25-15-7-10-18-19(13-15)32-12-11-31-18/h5-10,13,17H,2-4,11-12H2,1H3,(H,25,29)(H,26,27,28)/t17-/m1/s1. The number of thiazole rings is 1. The highest BCUT2D eigenvalue weighted by atomic mass is 32.1. The zero-order chi connectivity index (χ0) is 22.8. The molecule has 9 heteroatoms. The maximum atomic E-state index is 13.1. The Morgan fingerprint density at radius 1 is 1.06 bits per heavy atom. The highest BCUT2D eigenvalue weighted by Gasteiger charge is 2.31. The first-order chi connectivity index (χ1) is 16.1. The molecule has 33 heavy (non-hydrogen) atoms. The third kappa shape index (κ3) is 4.49. The Labute approximate surface area is 194 Å². The summed E-state index contributed by atoms with van der Waals surface area (Å²) in [5.74, 6) is 1.25. The number of rotatable bonds is 5. The largest absolute Gasteiger partial charge is 0.497 e. The van der Waals surface area contributed by atoms with E-state index in [1.807, 2.05) is 0 Å². The summed E-state index contributed by atoms with van der Waals surface area (Å²) in [5, 5.41) is 6.34. The number of carbonyl (C=O) groups excluding carboxylic acids is 2. The third-order valence-electron chi connectivity index (χ3n) is 5.65. The molecule has 5 rings (SSSR count). The summed E-state index contributed by atoms with van der Waals surface area (Å²) in [4.78, 5) is 31.4. The van der Waals surface area contributed by atoms with Crippen LogP contribution in [0.25, 0.3) is 0 Å². The Bertz CT molecular complexity index is 1190. The number of nitrogens with one attached hydrogen (secondary N) is 2. The molecule has 1 aliphatic carbocycles. The first kappa shape index (κ1) is 21.3. The van der Waals surface area contributed by atoms with Crippen LogP contribution in [0.3, 0.4) is 0 Å². The number of carbonyl (C=O) groups is 2. The van der Waals surface area contributed by atoms with Crippen molar-refractivity contribution in [3.05, 3.63) is 58.6 Å². The smallest absolute Gasteiger partial charge is 0.257 e. The van der Waals surface area contributed by atoms with Crippen molar-refractivity contribution in [1.82, 2.24) is 4.98 Å². The van der Waals surface area contributed by atoms with E-state index in [1.165, 1.54) is 11.3 Å². The molecule has 0 saturated carbocycles. The van der Waals surface area contributed by atoms with Crippen LogP contribution in [0.5, 0.6) is 17.2 Å². The zero-order valence-corrected chi connectivity index (χ0v) is 18.9. The summed E-state index contributed by atoms with van der Waals surface area (Å²) >= 11 is 1.43. The molecular weight excluding hydrogens is 442 g/mol. The van der Waals surface area contributed by atoms with E-state index in [0.717, 1.165) is 23.4 Å². The lowest BCUT2D eigenvalue weighted by Crippen LogP contribution is -2.25. The second-order valence-corrected chi connectivity index (χ2v) is 8.89. The molecule has 8 nitrogen and oxygen atoms in total. The molecule has 1 atom stereocenters. The number of aryl methyl sites for hydroxylation is 1. The fraction of sp³-hybridized carbons (Fsp3) is 0.292. The van der Waals surface area contributed by atoms with Gasteiger partial charge < -0.3 is 19.5 Å². The molecule has 2 aliphatic rings. The first-order valence-electron chi connectivity index (χ1n) is 10.8. The molecule has 2 amide bonds. The second-order valence-electron chi connectivity index (χ2n) is 7.80. The molecule has 3 aromatic rings. The molecule has 2 aromatic carbocycles. The van der Waals surface area contributed by atoms with Crippen molar-refractivity contribution in [1.29, 1.82) is 0 Å². The normalized spacial score (nSPS) is 16.5. The van der Waals surface area contributed by atoms with Crippen LogP contribution in [0, 0.1) is 0 Å². The fourth-order valence-corrected chi connectivity index (χ4v) is 5.05. The number of hydrogen-bond donors (Lipinski definition) is 2. The van der Waals surface area contributed by atoms with E-state index in [1.54, 1.807) is 49.6 Å². The number of ether oxygens (including phenoxy) is 3. The Morgan fingerprint density at radius 3 is 2.64 bits per heavy atom. The maximum Gasteiger partial charge on any atom is 0.257 e. The number of benzene rings is 2. The van der Waals surface area contributed by atoms with Crippen LogP contribution in [0.1, 0.15) is 39.7 Å². The van der Waals surface area contributed by atoms with E-state index in [-0.39, 0.29) is 17.7 Å². The minimum absolute atomic E-state index is 0.119. The van der Waals surface area contributed by atoms with Crippen LogP contribution in [0.4, 0.5) is 10.8 Å². The van der Waals surface area contributed by atoms with Crippen molar-refractivity contribution in [3.63, 3.8) is 0 Å². The van der Waals surface area contributed by atoms with Crippen LogP contribution in [-0.2, 0) is 11.2 Å². The predicted molar refractivity (Wildman–Crippen MR) is 125 cm³/mol. The summed E-state index contributed by atoms with van der Waals surface area (Å²) < 4.78 is 16.3. The summed E-state index contributed by atoms with van der Waals surface area (Å²) in [5.41, 5.74) is 1.91. The summed E-state index contributed by atoms with van der Waals surface area (Å²) in [6, 6.07) is 12.2. The van der Waals surface area contributed by atoms with Gasteiger partial charge in [0.2, 0.25) is 5.91 Å². The van der Waals surface area contributed by atoms with Gasteiger partial charge in [0.1, 0.15) is 19.0 Å². The lowest BCUT2D eigenvalue weighted by atomic mass is 9.90. The van der Waals surface area contributed by atoms with Crippen LogP contribution >= 0.6 is 11.3 Å². The van der Waals surface area contributed by atoms with Gasteiger partial charge in [-0.05, 0) is 55.7 Å². The van der Waals surface area contributed by atoms with E-state index >= 15 is 0 Å². The van der Waals surface area contributed by atoms with E-state index in [0.29, 0.717) is 53.3 Å². The molecule has 0 bridgehead atoms. The molecule has 1 aliphatic heterocycles. The van der Waals surface area contributed by atoms with Gasteiger partial charge in [0, 0.05) is 22.2 Å². The average Bonchev–Trinajstić information content (AvgIpc) is 3.26. The molecule has 2 heterocycles. The van der Waals surface area contributed by atoms with Crippen molar-refractivity contribution in [3.8, 4) is 17.2 Å². The number of aromatic nitrogens is 1. The number of nitrogens with zero attached hydrogens (tertiary/aromatic N) is 1. The van der Waals surface area contributed by atoms with Crippen LogP contribution in [0.15, 0.2) is 42.5 Å². The SMILES string of the molecule is COc1ccc(C(=O)Nc2nc3c(s2)CCC[C@H]3C(=O)Nc2ccc3c(c2)OCCO3)cc1. The van der Waals surface area contributed by atoms with Crippen LogP contribution < -0.4 is 24.8 Å². The van der Waals surface area contributed by atoms with Gasteiger partial charge in [-0.1, -0.05) is 0 Å². The second kappa shape index (κ2) is 9.11. The molecular formula is C24H23N3O5S. The van der Waals surface area contributed by atoms with E-state index in [4.69, 9.17) is 14.2 Å². The van der Waals surface area contributed by atoms with Crippen molar-refractivity contribution < 1.29 is 23.8 Å². The number of methoxy groups -OCH3 is 1.